The van der Waals surface area contributed by atoms with E-state index in [2.05, 4.69) is 18.3 Å². The number of nitrogens with one attached hydrogen (secondary N) is 1. The Hall–Kier alpha value is -0.0500. The van der Waals surface area contributed by atoms with Crippen LogP contribution in [0.4, 0.5) is 0 Å². The van der Waals surface area contributed by atoms with E-state index in [0.29, 0.717) is 6.04 Å². The zero-order chi connectivity index (χ0) is 10.7. The van der Waals surface area contributed by atoms with Gasteiger partial charge in [-0.15, -0.1) is 11.3 Å². The molecule has 1 unspecified atom stereocenters. The van der Waals surface area contributed by atoms with Crippen LogP contribution < -0.4 is 5.32 Å². The number of aryl methyl sites for hydroxylation is 1. The predicted octanol–water partition coefficient (Wildman–Crippen LogP) is 4.17. The second kappa shape index (κ2) is 5.33. The van der Waals surface area contributed by atoms with Gasteiger partial charge in [-0.1, -0.05) is 31.4 Å². The highest BCUT2D eigenvalue weighted by Crippen LogP contribution is 2.39. The van der Waals surface area contributed by atoms with Crippen molar-refractivity contribution in [3.63, 3.8) is 0 Å². The summed E-state index contributed by atoms with van der Waals surface area (Å²) in [6.45, 7) is 3.39. The fraction of sp³-hybridized carbons (Fsp3) is 0.667. The summed E-state index contributed by atoms with van der Waals surface area (Å²) in [5.41, 5.74) is 1.46. The van der Waals surface area contributed by atoms with Crippen molar-refractivity contribution >= 4 is 22.9 Å². The summed E-state index contributed by atoms with van der Waals surface area (Å²) in [4.78, 5) is 1.49. The molecule has 84 valence electrons. The first-order chi connectivity index (χ1) is 7.31. The summed E-state index contributed by atoms with van der Waals surface area (Å²) in [5, 5.41) is 3.63. The quantitative estimate of drug-likeness (QED) is 0.766. The number of unbranched alkanes of at least 4 members (excludes halogenated alkanes) is 2. The Kier molecular flexibility index (Phi) is 4.06. The number of rotatable bonds is 5. The van der Waals surface area contributed by atoms with Gasteiger partial charge in [0.1, 0.15) is 0 Å². The Morgan fingerprint density at radius 1 is 1.53 bits per heavy atom. The van der Waals surface area contributed by atoms with Crippen LogP contribution in [0, 0.1) is 0 Å². The molecule has 0 fully saturated rings. The molecular weight excluding hydrogens is 226 g/mol. The molecule has 15 heavy (non-hydrogen) atoms. The fourth-order valence-corrected chi connectivity index (χ4v) is 3.55. The maximum Gasteiger partial charge on any atom is 0.0934 e. The number of hydrogen-bond donors (Lipinski definition) is 1. The number of halogens is 1. The van der Waals surface area contributed by atoms with Crippen LogP contribution in [0.3, 0.4) is 0 Å². The van der Waals surface area contributed by atoms with E-state index in [1.807, 2.05) is 0 Å². The lowest BCUT2D eigenvalue weighted by Gasteiger charge is -2.12. The van der Waals surface area contributed by atoms with Crippen LogP contribution in [-0.4, -0.2) is 6.54 Å². The van der Waals surface area contributed by atoms with Crippen molar-refractivity contribution in [1.82, 2.24) is 5.32 Å². The molecule has 1 aliphatic carbocycles. The van der Waals surface area contributed by atoms with Crippen molar-refractivity contribution in [1.29, 1.82) is 0 Å². The average molecular weight is 244 g/mol. The summed E-state index contributed by atoms with van der Waals surface area (Å²) in [6.07, 6.45) is 6.38. The lowest BCUT2D eigenvalue weighted by atomic mass is 10.1. The van der Waals surface area contributed by atoms with Crippen LogP contribution in [0.1, 0.15) is 49.1 Å². The standard InChI is InChI=1S/C12H18ClNS/c1-2-3-4-7-14-10-5-6-11-9(10)8-12(13)15-11/h8,10,14H,2-7H2,1H3. The molecule has 0 saturated heterocycles. The molecular formula is C12H18ClNS. The molecule has 1 atom stereocenters. The highest BCUT2D eigenvalue weighted by Gasteiger charge is 2.24. The molecule has 3 heteroatoms. The maximum atomic E-state index is 6.02. The van der Waals surface area contributed by atoms with Gasteiger partial charge in [-0.3, -0.25) is 0 Å². The van der Waals surface area contributed by atoms with Crippen LogP contribution in [0.2, 0.25) is 4.34 Å². The van der Waals surface area contributed by atoms with E-state index in [1.54, 1.807) is 11.3 Å². The number of fused-ring (bicyclic) bond motifs is 1. The van der Waals surface area contributed by atoms with E-state index >= 15 is 0 Å². The molecule has 1 nitrogen and oxygen atoms in total. The van der Waals surface area contributed by atoms with E-state index in [4.69, 9.17) is 11.6 Å². The first-order valence-corrected chi connectivity index (χ1v) is 7.02. The predicted molar refractivity (Wildman–Crippen MR) is 67.9 cm³/mol. The third kappa shape index (κ3) is 2.74. The highest BCUT2D eigenvalue weighted by molar-refractivity contribution is 7.16. The third-order valence-corrected chi connectivity index (χ3v) is 4.36. The Labute approximate surface area is 101 Å². The third-order valence-electron chi connectivity index (χ3n) is 3.02. The van der Waals surface area contributed by atoms with Gasteiger partial charge < -0.3 is 5.32 Å². The van der Waals surface area contributed by atoms with Crippen molar-refractivity contribution in [2.75, 3.05) is 6.54 Å². The topological polar surface area (TPSA) is 12.0 Å². The van der Waals surface area contributed by atoms with Gasteiger partial charge in [-0.2, -0.15) is 0 Å². The maximum absolute atomic E-state index is 6.02. The summed E-state index contributed by atoms with van der Waals surface area (Å²) in [7, 11) is 0. The van der Waals surface area contributed by atoms with E-state index < -0.39 is 0 Å². The second-order valence-electron chi connectivity index (χ2n) is 4.18. The molecule has 1 aliphatic rings. The lowest BCUT2D eigenvalue weighted by Crippen LogP contribution is -2.20. The Morgan fingerprint density at radius 2 is 2.40 bits per heavy atom. The summed E-state index contributed by atoms with van der Waals surface area (Å²) >= 11 is 7.77. The van der Waals surface area contributed by atoms with Crippen molar-refractivity contribution in [3.05, 3.63) is 20.8 Å². The molecule has 0 aliphatic heterocycles. The Bertz CT molecular complexity index is 321. The molecule has 2 rings (SSSR count). The van der Waals surface area contributed by atoms with Gasteiger partial charge in [0, 0.05) is 10.9 Å². The van der Waals surface area contributed by atoms with E-state index in [1.165, 1.54) is 42.5 Å². The van der Waals surface area contributed by atoms with Crippen molar-refractivity contribution in [3.8, 4) is 0 Å². The minimum Gasteiger partial charge on any atom is -0.310 e. The smallest absolute Gasteiger partial charge is 0.0934 e. The highest BCUT2D eigenvalue weighted by atomic mass is 35.5. The average Bonchev–Trinajstić information content (AvgIpc) is 2.73. The summed E-state index contributed by atoms with van der Waals surface area (Å²) in [5.74, 6) is 0. The fourth-order valence-electron chi connectivity index (χ4n) is 2.19. The largest absolute Gasteiger partial charge is 0.310 e. The number of hydrogen-bond acceptors (Lipinski definition) is 2. The Morgan fingerprint density at radius 3 is 3.20 bits per heavy atom. The van der Waals surface area contributed by atoms with Crippen molar-refractivity contribution in [2.45, 2.75) is 45.1 Å². The minimum absolute atomic E-state index is 0.570. The molecule has 0 amide bonds. The molecule has 1 N–H and O–H groups in total. The number of thiophene rings is 1. The van der Waals surface area contributed by atoms with Crippen LogP contribution >= 0.6 is 22.9 Å². The molecule has 0 aromatic carbocycles. The van der Waals surface area contributed by atoms with Crippen molar-refractivity contribution in [2.24, 2.45) is 0 Å². The summed E-state index contributed by atoms with van der Waals surface area (Å²) < 4.78 is 0.944. The second-order valence-corrected chi connectivity index (χ2v) is 5.95. The van der Waals surface area contributed by atoms with Gasteiger partial charge in [0.05, 0.1) is 4.34 Å². The molecule has 0 saturated carbocycles. The van der Waals surface area contributed by atoms with Gasteiger partial charge in [0.25, 0.3) is 0 Å². The molecule has 0 radical (unpaired) electrons. The molecule has 0 bridgehead atoms. The van der Waals surface area contributed by atoms with Gasteiger partial charge in [-0.05, 0) is 37.4 Å². The lowest BCUT2D eigenvalue weighted by molar-refractivity contribution is 0.511. The summed E-state index contributed by atoms with van der Waals surface area (Å²) in [6, 6.07) is 2.71. The monoisotopic (exact) mass is 243 g/mol. The molecule has 1 heterocycles. The molecule has 1 aromatic rings. The van der Waals surface area contributed by atoms with Gasteiger partial charge in [0.2, 0.25) is 0 Å². The zero-order valence-electron chi connectivity index (χ0n) is 9.18. The van der Waals surface area contributed by atoms with Crippen molar-refractivity contribution < 1.29 is 0 Å². The first kappa shape index (κ1) is 11.4. The van der Waals surface area contributed by atoms with E-state index in [0.717, 1.165) is 10.9 Å². The minimum atomic E-state index is 0.570. The van der Waals surface area contributed by atoms with E-state index in [-0.39, 0.29) is 0 Å². The van der Waals surface area contributed by atoms with Gasteiger partial charge in [0.15, 0.2) is 0 Å². The van der Waals surface area contributed by atoms with Crippen LogP contribution in [0.5, 0.6) is 0 Å². The van der Waals surface area contributed by atoms with Crippen LogP contribution in [0.15, 0.2) is 6.07 Å². The Balaban J connectivity index is 1.84. The van der Waals surface area contributed by atoms with Gasteiger partial charge in [-0.25, -0.2) is 0 Å². The molecule has 0 spiro atoms. The SMILES string of the molecule is CCCCCNC1CCc2sc(Cl)cc21. The normalized spacial score (nSPS) is 19.5. The van der Waals surface area contributed by atoms with Crippen LogP contribution in [-0.2, 0) is 6.42 Å². The molecule has 1 aromatic heterocycles. The van der Waals surface area contributed by atoms with E-state index in [9.17, 15) is 0 Å². The zero-order valence-corrected chi connectivity index (χ0v) is 10.8. The first-order valence-electron chi connectivity index (χ1n) is 5.82. The van der Waals surface area contributed by atoms with Crippen LogP contribution in [0.25, 0.3) is 0 Å². The van der Waals surface area contributed by atoms with Gasteiger partial charge >= 0.3 is 0 Å².